The lowest BCUT2D eigenvalue weighted by Crippen LogP contribution is -2.48. The highest BCUT2D eigenvalue weighted by molar-refractivity contribution is 5.96. The molecule has 0 unspecified atom stereocenters. The van der Waals surface area contributed by atoms with Crippen LogP contribution in [0.5, 0.6) is 0 Å². The zero-order valence-electron chi connectivity index (χ0n) is 9.99. The molecule has 0 spiro atoms. The minimum atomic E-state index is -0.716. The highest BCUT2D eigenvalue weighted by Crippen LogP contribution is 2.31. The fraction of sp³-hybridized carbons (Fsp3) is 0.667. The minimum Gasteiger partial charge on any atom is -0.361 e. The van der Waals surface area contributed by atoms with E-state index < -0.39 is 17.7 Å². The predicted octanol–water partition coefficient (Wildman–Crippen LogP) is 0.882. The first kappa shape index (κ1) is 12.1. The molecule has 1 aliphatic heterocycles. The van der Waals surface area contributed by atoms with Crippen LogP contribution < -0.4 is 11.1 Å². The van der Waals surface area contributed by atoms with E-state index in [-0.39, 0.29) is 5.78 Å². The number of urea groups is 1. The van der Waals surface area contributed by atoms with Gasteiger partial charge >= 0.3 is 6.03 Å². The number of ether oxygens (including phenoxy) is 1. The Kier molecular flexibility index (Phi) is 3.19. The lowest BCUT2D eigenvalue weighted by molar-refractivity contribution is -0.125. The van der Waals surface area contributed by atoms with Crippen LogP contribution in [-0.2, 0) is 9.53 Å². The van der Waals surface area contributed by atoms with E-state index in [2.05, 4.69) is 11.4 Å². The number of rotatable bonds is 5. The number of nitrogens with two attached hydrogens (primary N) is 1. The number of carbonyl (C=O) groups excluding carboxylic acids is 2. The van der Waals surface area contributed by atoms with Crippen molar-refractivity contribution < 1.29 is 14.3 Å². The molecule has 0 saturated carbocycles. The van der Waals surface area contributed by atoms with Gasteiger partial charge in [-0.25, -0.2) is 4.79 Å². The Morgan fingerprint density at radius 1 is 1.65 bits per heavy atom. The van der Waals surface area contributed by atoms with Crippen molar-refractivity contribution in [1.82, 2.24) is 5.32 Å². The zero-order chi connectivity index (χ0) is 12.5. The van der Waals surface area contributed by atoms with Crippen LogP contribution in [0.4, 0.5) is 4.79 Å². The zero-order valence-corrected chi connectivity index (χ0v) is 9.99. The van der Waals surface area contributed by atoms with E-state index in [0.717, 1.165) is 19.3 Å². The Balaban J connectivity index is 2.01. The second-order valence-electron chi connectivity index (χ2n) is 4.90. The maximum Gasteiger partial charge on any atom is 0.312 e. The third-order valence-corrected chi connectivity index (χ3v) is 3.33. The fourth-order valence-corrected chi connectivity index (χ4v) is 2.19. The van der Waals surface area contributed by atoms with Gasteiger partial charge in [0.05, 0.1) is 12.6 Å². The van der Waals surface area contributed by atoms with Gasteiger partial charge in [-0.2, -0.15) is 0 Å². The van der Waals surface area contributed by atoms with Crippen LogP contribution in [-0.4, -0.2) is 30.1 Å². The molecule has 2 amide bonds. The smallest absolute Gasteiger partial charge is 0.312 e. The number of ketones is 1. The molecule has 0 aromatic carbocycles. The highest BCUT2D eigenvalue weighted by atomic mass is 16.6. The van der Waals surface area contributed by atoms with Gasteiger partial charge in [0.2, 0.25) is 0 Å². The van der Waals surface area contributed by atoms with Gasteiger partial charge in [0, 0.05) is 0 Å². The number of nitrogens with one attached hydrogen (secondary N) is 1. The molecular weight excluding hydrogens is 220 g/mol. The van der Waals surface area contributed by atoms with Crippen molar-refractivity contribution in [2.75, 3.05) is 6.61 Å². The van der Waals surface area contributed by atoms with E-state index in [1.54, 1.807) is 6.92 Å². The Labute approximate surface area is 100 Å². The van der Waals surface area contributed by atoms with E-state index in [1.165, 1.54) is 5.57 Å². The monoisotopic (exact) mass is 238 g/mol. The van der Waals surface area contributed by atoms with E-state index in [9.17, 15) is 9.59 Å². The Hall–Kier alpha value is -1.36. The molecule has 5 nitrogen and oxygen atoms in total. The summed E-state index contributed by atoms with van der Waals surface area (Å²) in [6, 6.07) is -1.21. The Morgan fingerprint density at radius 3 is 2.82 bits per heavy atom. The number of Topliss-reactive ketones (excluding diaryl/α,β-unsaturated/α-hetero) is 1. The quantitative estimate of drug-likeness (QED) is 0.551. The molecule has 3 N–H and O–H groups in total. The lowest BCUT2D eigenvalue weighted by Gasteiger charge is -2.18. The van der Waals surface area contributed by atoms with Crippen molar-refractivity contribution in [3.63, 3.8) is 0 Å². The molecule has 17 heavy (non-hydrogen) atoms. The predicted molar refractivity (Wildman–Crippen MR) is 62.4 cm³/mol. The number of hydrogen-bond acceptors (Lipinski definition) is 3. The first-order valence-corrected chi connectivity index (χ1v) is 5.93. The average Bonchev–Trinajstić information content (AvgIpc) is 2.80. The molecule has 0 aromatic rings. The standard InChI is InChI=1S/C12H18N2O3/c1-12(7-17-12)10(15)9(14-11(13)16)6-8-4-2-3-5-8/h4,9H,2-3,5-7H2,1H3,(H3,13,14,16)/t9-,12+/m0/s1. The largest absolute Gasteiger partial charge is 0.361 e. The van der Waals surface area contributed by atoms with E-state index in [4.69, 9.17) is 10.5 Å². The number of epoxide rings is 1. The number of hydrogen-bond donors (Lipinski definition) is 2. The maximum atomic E-state index is 12.1. The number of amides is 2. The van der Waals surface area contributed by atoms with Gasteiger partial charge in [-0.15, -0.1) is 0 Å². The van der Waals surface area contributed by atoms with Crippen LogP contribution >= 0.6 is 0 Å². The van der Waals surface area contributed by atoms with Crippen molar-refractivity contribution in [3.05, 3.63) is 11.6 Å². The molecule has 1 saturated heterocycles. The minimum absolute atomic E-state index is 0.0795. The summed E-state index contributed by atoms with van der Waals surface area (Å²) in [6.07, 6.45) is 5.88. The highest BCUT2D eigenvalue weighted by Gasteiger charge is 2.50. The van der Waals surface area contributed by atoms with Crippen molar-refractivity contribution >= 4 is 11.8 Å². The summed E-state index contributed by atoms with van der Waals surface area (Å²) >= 11 is 0. The summed E-state index contributed by atoms with van der Waals surface area (Å²) in [6.45, 7) is 2.18. The van der Waals surface area contributed by atoms with Crippen molar-refractivity contribution in [1.29, 1.82) is 0 Å². The molecule has 5 heteroatoms. The second-order valence-corrected chi connectivity index (χ2v) is 4.90. The van der Waals surface area contributed by atoms with E-state index >= 15 is 0 Å². The third-order valence-electron chi connectivity index (χ3n) is 3.33. The summed E-state index contributed by atoms with van der Waals surface area (Å²) in [4.78, 5) is 23.1. The van der Waals surface area contributed by atoms with Gasteiger partial charge in [-0.05, 0) is 32.6 Å². The van der Waals surface area contributed by atoms with Gasteiger partial charge < -0.3 is 15.8 Å². The fourth-order valence-electron chi connectivity index (χ4n) is 2.19. The van der Waals surface area contributed by atoms with Gasteiger partial charge in [0.15, 0.2) is 5.78 Å². The molecule has 0 aromatic heterocycles. The molecule has 1 heterocycles. The molecular formula is C12H18N2O3. The van der Waals surface area contributed by atoms with Gasteiger partial charge in [0.25, 0.3) is 0 Å². The third kappa shape index (κ3) is 2.85. The van der Waals surface area contributed by atoms with Gasteiger partial charge in [0.1, 0.15) is 5.60 Å². The Bertz CT molecular complexity index is 372. The van der Waals surface area contributed by atoms with E-state index in [0.29, 0.717) is 13.0 Å². The summed E-state index contributed by atoms with van der Waals surface area (Å²) in [5.74, 6) is -0.0795. The van der Waals surface area contributed by atoms with Crippen molar-refractivity contribution in [3.8, 4) is 0 Å². The topological polar surface area (TPSA) is 84.7 Å². The molecule has 2 aliphatic rings. The summed E-state index contributed by atoms with van der Waals surface area (Å²) in [5, 5.41) is 2.52. The first-order valence-electron chi connectivity index (χ1n) is 5.93. The summed E-state index contributed by atoms with van der Waals surface area (Å²) in [5.41, 5.74) is 5.61. The molecule has 0 bridgehead atoms. The molecule has 1 aliphatic carbocycles. The Morgan fingerprint density at radius 2 is 2.35 bits per heavy atom. The lowest BCUT2D eigenvalue weighted by atomic mass is 9.94. The van der Waals surface area contributed by atoms with Crippen LogP contribution in [0.3, 0.4) is 0 Å². The van der Waals surface area contributed by atoms with Crippen molar-refractivity contribution in [2.24, 2.45) is 5.73 Å². The molecule has 2 atom stereocenters. The average molecular weight is 238 g/mol. The van der Waals surface area contributed by atoms with Crippen LogP contribution in [0.25, 0.3) is 0 Å². The second kappa shape index (κ2) is 4.49. The maximum absolute atomic E-state index is 12.1. The summed E-state index contributed by atoms with van der Waals surface area (Å²) in [7, 11) is 0. The number of primary amides is 1. The normalized spacial score (nSPS) is 28.4. The van der Waals surface area contributed by atoms with Crippen LogP contribution in [0.2, 0.25) is 0 Å². The van der Waals surface area contributed by atoms with Crippen molar-refractivity contribution in [2.45, 2.75) is 44.2 Å². The van der Waals surface area contributed by atoms with Crippen LogP contribution in [0.15, 0.2) is 11.6 Å². The molecule has 2 rings (SSSR count). The van der Waals surface area contributed by atoms with Crippen LogP contribution in [0.1, 0.15) is 32.6 Å². The molecule has 1 fully saturated rings. The number of allylic oxidation sites excluding steroid dienone is 1. The summed E-state index contributed by atoms with van der Waals surface area (Å²) < 4.78 is 5.12. The van der Waals surface area contributed by atoms with Gasteiger partial charge in [-0.3, -0.25) is 4.79 Å². The molecule has 0 radical (unpaired) electrons. The molecule has 94 valence electrons. The van der Waals surface area contributed by atoms with Gasteiger partial charge in [-0.1, -0.05) is 11.6 Å². The SMILES string of the molecule is C[C@]1(C(=O)[C@H](CC2=CCCC2)NC(N)=O)CO1. The first-order chi connectivity index (χ1) is 8.01. The number of carbonyl (C=O) groups is 2. The van der Waals surface area contributed by atoms with Crippen LogP contribution in [0, 0.1) is 0 Å². The van der Waals surface area contributed by atoms with E-state index in [1.807, 2.05) is 0 Å².